The summed E-state index contributed by atoms with van der Waals surface area (Å²) in [5, 5.41) is 5.82. The summed E-state index contributed by atoms with van der Waals surface area (Å²) in [6.45, 7) is 2.19. The molecule has 9 heteroatoms. The summed E-state index contributed by atoms with van der Waals surface area (Å²) < 4.78 is 23.1. The number of carbonyl (C=O) groups excluding carboxylic acids is 2. The summed E-state index contributed by atoms with van der Waals surface area (Å²) >= 11 is 5.83. The van der Waals surface area contributed by atoms with Gasteiger partial charge in [-0.2, -0.15) is 0 Å². The van der Waals surface area contributed by atoms with Gasteiger partial charge in [-0.1, -0.05) is 17.7 Å². The predicted octanol–water partition coefficient (Wildman–Crippen LogP) is 2.28. The molecule has 0 aliphatic carbocycles. The maximum Gasteiger partial charge on any atom is 0.251 e. The zero-order chi connectivity index (χ0) is 21.6. The van der Waals surface area contributed by atoms with Gasteiger partial charge in [0, 0.05) is 29.1 Å². The molecule has 0 heterocycles. The summed E-state index contributed by atoms with van der Waals surface area (Å²) in [4.78, 5) is 25.3. The Balaban J connectivity index is 2.19. The van der Waals surface area contributed by atoms with E-state index in [0.717, 1.165) is 17.4 Å². The fourth-order valence-corrected chi connectivity index (χ4v) is 3.52. The molecule has 7 nitrogen and oxygen atoms in total. The monoisotopic (exact) mass is 437 g/mol. The Morgan fingerprint density at radius 3 is 2.38 bits per heavy atom. The van der Waals surface area contributed by atoms with Crippen molar-refractivity contribution in [1.29, 1.82) is 0 Å². The lowest BCUT2D eigenvalue weighted by molar-refractivity contribution is -0.118. The molecule has 0 saturated heterocycles. The highest BCUT2D eigenvalue weighted by Gasteiger charge is 2.23. The molecule has 2 amide bonds. The molecule has 0 aliphatic rings. The van der Waals surface area contributed by atoms with Crippen LogP contribution in [0.2, 0.25) is 5.02 Å². The van der Waals surface area contributed by atoms with Crippen molar-refractivity contribution in [2.75, 3.05) is 17.3 Å². The molecule has 0 radical (unpaired) electrons. The summed E-state index contributed by atoms with van der Waals surface area (Å²) in [5.41, 5.74) is 8.27. The zero-order valence-corrected chi connectivity index (χ0v) is 17.8. The van der Waals surface area contributed by atoms with Crippen molar-refractivity contribution < 1.29 is 18.0 Å². The average molecular weight is 438 g/mol. The Morgan fingerprint density at radius 1 is 1.14 bits per heavy atom. The third-order valence-corrected chi connectivity index (χ3v) is 5.38. The van der Waals surface area contributed by atoms with Crippen molar-refractivity contribution >= 4 is 38.9 Å². The van der Waals surface area contributed by atoms with Crippen LogP contribution in [0.4, 0.5) is 5.69 Å². The van der Waals surface area contributed by atoms with Crippen LogP contribution in [0.15, 0.2) is 42.5 Å². The quantitative estimate of drug-likeness (QED) is 0.585. The Kier molecular flexibility index (Phi) is 7.78. The number of aryl methyl sites for hydroxylation is 1. The van der Waals surface area contributed by atoms with Crippen molar-refractivity contribution in [1.82, 2.24) is 5.32 Å². The van der Waals surface area contributed by atoms with Gasteiger partial charge in [0.05, 0.1) is 5.75 Å². The molecule has 0 fully saturated rings. The van der Waals surface area contributed by atoms with Gasteiger partial charge in [-0.15, -0.1) is 0 Å². The Bertz CT molecular complexity index is 991. The maximum atomic E-state index is 12.8. The summed E-state index contributed by atoms with van der Waals surface area (Å²) in [7, 11) is -3.31. The summed E-state index contributed by atoms with van der Waals surface area (Å²) in [6, 6.07) is 10.5. The van der Waals surface area contributed by atoms with E-state index in [2.05, 4.69) is 10.6 Å². The van der Waals surface area contributed by atoms with Crippen LogP contribution in [-0.4, -0.2) is 38.3 Å². The van der Waals surface area contributed by atoms with Gasteiger partial charge < -0.3 is 16.4 Å². The summed E-state index contributed by atoms with van der Waals surface area (Å²) in [5.74, 6) is -1.25. The lowest BCUT2D eigenvalue weighted by Crippen LogP contribution is -2.44. The molecule has 4 N–H and O–H groups in total. The summed E-state index contributed by atoms with van der Waals surface area (Å²) in [6.07, 6.45) is 1.02. The SMILES string of the molecule is Cc1cc(CN)cc(NC(=O)C(CCS(C)(=O)=O)NC(=O)c2ccc(Cl)cc2)c1. The molecule has 156 valence electrons. The third-order valence-electron chi connectivity index (χ3n) is 4.15. The van der Waals surface area contributed by atoms with Crippen LogP contribution in [0.5, 0.6) is 0 Å². The third kappa shape index (κ3) is 7.49. The largest absolute Gasteiger partial charge is 0.340 e. The lowest BCUT2D eigenvalue weighted by atomic mass is 10.1. The first-order chi connectivity index (χ1) is 13.6. The Morgan fingerprint density at radius 2 is 1.79 bits per heavy atom. The smallest absolute Gasteiger partial charge is 0.251 e. The molecule has 2 rings (SSSR count). The molecular weight excluding hydrogens is 414 g/mol. The number of nitrogens with one attached hydrogen (secondary N) is 2. The van der Waals surface area contributed by atoms with Gasteiger partial charge in [0.1, 0.15) is 15.9 Å². The fraction of sp³-hybridized carbons (Fsp3) is 0.300. The number of halogens is 1. The van der Waals surface area contributed by atoms with Crippen LogP contribution in [0.1, 0.15) is 27.9 Å². The molecule has 0 spiro atoms. The number of sulfone groups is 1. The molecule has 0 aliphatic heterocycles. The van der Waals surface area contributed by atoms with Gasteiger partial charge in [0.2, 0.25) is 5.91 Å². The van der Waals surface area contributed by atoms with Crippen molar-refractivity contribution in [2.45, 2.75) is 25.9 Å². The minimum absolute atomic E-state index is 0.0560. The second-order valence-electron chi connectivity index (χ2n) is 6.85. The van der Waals surface area contributed by atoms with Crippen molar-refractivity contribution in [2.24, 2.45) is 5.73 Å². The number of hydrogen-bond donors (Lipinski definition) is 3. The van der Waals surface area contributed by atoms with E-state index in [0.29, 0.717) is 22.8 Å². The van der Waals surface area contributed by atoms with Crippen molar-refractivity contribution in [3.05, 3.63) is 64.2 Å². The highest BCUT2D eigenvalue weighted by atomic mass is 35.5. The van der Waals surface area contributed by atoms with Crippen LogP contribution in [0.3, 0.4) is 0 Å². The van der Waals surface area contributed by atoms with E-state index in [1.807, 2.05) is 13.0 Å². The molecule has 2 aromatic carbocycles. The van der Waals surface area contributed by atoms with Crippen LogP contribution in [-0.2, 0) is 21.2 Å². The number of carbonyl (C=O) groups is 2. The van der Waals surface area contributed by atoms with E-state index in [9.17, 15) is 18.0 Å². The van der Waals surface area contributed by atoms with E-state index in [1.54, 1.807) is 24.3 Å². The lowest BCUT2D eigenvalue weighted by Gasteiger charge is -2.19. The molecular formula is C20H24ClN3O4S. The first-order valence-corrected chi connectivity index (χ1v) is 11.4. The number of rotatable bonds is 8. The van der Waals surface area contributed by atoms with E-state index < -0.39 is 27.7 Å². The molecule has 1 atom stereocenters. The highest BCUT2D eigenvalue weighted by Crippen LogP contribution is 2.15. The normalized spacial score (nSPS) is 12.3. The molecule has 0 bridgehead atoms. The number of nitrogens with two attached hydrogens (primary N) is 1. The number of hydrogen-bond acceptors (Lipinski definition) is 5. The van der Waals surface area contributed by atoms with Crippen LogP contribution >= 0.6 is 11.6 Å². The van der Waals surface area contributed by atoms with Gasteiger partial charge in [-0.05, 0) is 60.9 Å². The molecule has 2 aromatic rings. The topological polar surface area (TPSA) is 118 Å². The van der Waals surface area contributed by atoms with E-state index in [-0.39, 0.29) is 12.2 Å². The van der Waals surface area contributed by atoms with Crippen LogP contribution in [0.25, 0.3) is 0 Å². The molecule has 0 aromatic heterocycles. The van der Waals surface area contributed by atoms with E-state index in [4.69, 9.17) is 17.3 Å². The van der Waals surface area contributed by atoms with Gasteiger partial charge in [0.15, 0.2) is 0 Å². The van der Waals surface area contributed by atoms with E-state index in [1.165, 1.54) is 12.1 Å². The molecule has 1 unspecified atom stereocenters. The minimum Gasteiger partial charge on any atom is -0.340 e. The Labute approximate surface area is 175 Å². The predicted molar refractivity (Wildman–Crippen MR) is 115 cm³/mol. The molecule has 29 heavy (non-hydrogen) atoms. The first kappa shape index (κ1) is 22.9. The highest BCUT2D eigenvalue weighted by molar-refractivity contribution is 7.90. The second kappa shape index (κ2) is 9.87. The minimum atomic E-state index is -3.31. The zero-order valence-electron chi connectivity index (χ0n) is 16.2. The fourth-order valence-electron chi connectivity index (χ4n) is 2.73. The van der Waals surface area contributed by atoms with Crippen molar-refractivity contribution in [3.63, 3.8) is 0 Å². The average Bonchev–Trinajstić information content (AvgIpc) is 2.64. The van der Waals surface area contributed by atoms with Crippen LogP contribution < -0.4 is 16.4 Å². The van der Waals surface area contributed by atoms with Gasteiger partial charge >= 0.3 is 0 Å². The van der Waals surface area contributed by atoms with Gasteiger partial charge in [-0.3, -0.25) is 9.59 Å². The van der Waals surface area contributed by atoms with Crippen molar-refractivity contribution in [3.8, 4) is 0 Å². The van der Waals surface area contributed by atoms with Gasteiger partial charge in [-0.25, -0.2) is 8.42 Å². The standard InChI is InChI=1S/C20H24ClN3O4S/c1-13-9-14(12-22)11-17(10-13)23-20(26)18(7-8-29(2,27)28)24-19(25)15-3-5-16(21)6-4-15/h3-6,9-11,18H,7-8,12,22H2,1-2H3,(H,23,26)(H,24,25). The van der Waals surface area contributed by atoms with Gasteiger partial charge in [0.25, 0.3) is 5.91 Å². The first-order valence-electron chi connectivity index (χ1n) is 8.93. The molecule has 0 saturated carbocycles. The maximum absolute atomic E-state index is 12.8. The number of amides is 2. The number of anilines is 1. The number of benzene rings is 2. The Hall–Kier alpha value is -2.42. The second-order valence-corrected chi connectivity index (χ2v) is 9.55. The van der Waals surface area contributed by atoms with E-state index >= 15 is 0 Å². The van der Waals surface area contributed by atoms with Crippen LogP contribution in [0, 0.1) is 6.92 Å².